The van der Waals surface area contributed by atoms with Crippen molar-refractivity contribution in [1.29, 1.82) is 0 Å². The predicted molar refractivity (Wildman–Crippen MR) is 75.4 cm³/mol. The molecule has 1 fully saturated rings. The van der Waals surface area contributed by atoms with E-state index in [-0.39, 0.29) is 5.91 Å². The summed E-state index contributed by atoms with van der Waals surface area (Å²) >= 11 is 0. The van der Waals surface area contributed by atoms with Crippen LogP contribution in [0.1, 0.15) is 39.0 Å². The molecule has 0 aromatic carbocycles. The molecule has 0 heterocycles. The van der Waals surface area contributed by atoms with Gasteiger partial charge in [-0.25, -0.2) is 0 Å². The number of rotatable bonds is 10. The number of nitrogens with zero attached hydrogens (tertiary/aromatic N) is 2. The van der Waals surface area contributed by atoms with E-state index in [2.05, 4.69) is 11.8 Å². The molecule has 0 aromatic rings. The molecule has 18 heavy (non-hydrogen) atoms. The van der Waals surface area contributed by atoms with Crippen molar-refractivity contribution in [2.24, 2.45) is 11.7 Å². The molecule has 0 bridgehead atoms. The van der Waals surface area contributed by atoms with E-state index in [1.54, 1.807) is 0 Å². The van der Waals surface area contributed by atoms with E-state index in [0.717, 1.165) is 32.0 Å². The fraction of sp³-hybridized carbons (Fsp3) is 0.929. The SMILES string of the molecule is CCCN(CCC(=O)N(C)CCCN)CC1CC1. The van der Waals surface area contributed by atoms with Crippen LogP contribution in [0.25, 0.3) is 0 Å². The van der Waals surface area contributed by atoms with Crippen molar-refractivity contribution >= 4 is 5.91 Å². The molecule has 2 N–H and O–H groups in total. The molecular weight excluding hydrogens is 226 g/mol. The Balaban J connectivity index is 2.20. The first-order valence-corrected chi connectivity index (χ1v) is 7.33. The van der Waals surface area contributed by atoms with E-state index < -0.39 is 0 Å². The molecule has 1 aliphatic rings. The van der Waals surface area contributed by atoms with Crippen molar-refractivity contribution in [2.75, 3.05) is 39.8 Å². The topological polar surface area (TPSA) is 49.6 Å². The lowest BCUT2D eigenvalue weighted by atomic mass is 10.2. The standard InChI is InChI=1S/C14H29N3O/c1-3-9-17(12-13-5-6-13)11-7-14(18)16(2)10-4-8-15/h13H,3-12,15H2,1-2H3. The summed E-state index contributed by atoms with van der Waals surface area (Å²) in [7, 11) is 1.88. The first-order chi connectivity index (χ1) is 8.67. The summed E-state index contributed by atoms with van der Waals surface area (Å²) in [5, 5.41) is 0. The van der Waals surface area contributed by atoms with Gasteiger partial charge in [0.05, 0.1) is 0 Å². The van der Waals surface area contributed by atoms with E-state index in [9.17, 15) is 4.79 Å². The fourth-order valence-electron chi connectivity index (χ4n) is 2.17. The zero-order valence-corrected chi connectivity index (χ0v) is 12.0. The van der Waals surface area contributed by atoms with Gasteiger partial charge >= 0.3 is 0 Å². The van der Waals surface area contributed by atoms with Crippen LogP contribution in [-0.2, 0) is 4.79 Å². The molecule has 1 amide bonds. The summed E-state index contributed by atoms with van der Waals surface area (Å²) in [6.07, 6.45) is 5.47. The van der Waals surface area contributed by atoms with Crippen molar-refractivity contribution in [2.45, 2.75) is 39.0 Å². The van der Waals surface area contributed by atoms with Crippen molar-refractivity contribution in [3.05, 3.63) is 0 Å². The summed E-state index contributed by atoms with van der Waals surface area (Å²) < 4.78 is 0. The van der Waals surface area contributed by atoms with Crippen LogP contribution in [-0.4, -0.2) is 55.5 Å². The Morgan fingerprint density at radius 3 is 2.56 bits per heavy atom. The minimum Gasteiger partial charge on any atom is -0.346 e. The Labute approximate surface area is 111 Å². The lowest BCUT2D eigenvalue weighted by molar-refractivity contribution is -0.130. The van der Waals surface area contributed by atoms with Crippen molar-refractivity contribution < 1.29 is 4.79 Å². The molecule has 0 spiro atoms. The summed E-state index contributed by atoms with van der Waals surface area (Å²) in [6.45, 7) is 6.86. The zero-order valence-electron chi connectivity index (χ0n) is 12.0. The van der Waals surface area contributed by atoms with Gasteiger partial charge in [-0.05, 0) is 44.7 Å². The lowest BCUT2D eigenvalue weighted by Crippen LogP contribution is -2.34. The molecule has 4 heteroatoms. The van der Waals surface area contributed by atoms with Crippen LogP contribution >= 0.6 is 0 Å². The number of nitrogens with two attached hydrogens (primary N) is 1. The molecule has 0 aromatic heterocycles. The Hall–Kier alpha value is -0.610. The Morgan fingerprint density at radius 1 is 1.28 bits per heavy atom. The third-order valence-electron chi connectivity index (χ3n) is 3.52. The van der Waals surface area contributed by atoms with Crippen LogP contribution in [0.5, 0.6) is 0 Å². The minimum absolute atomic E-state index is 0.250. The Kier molecular flexibility index (Phi) is 7.28. The van der Waals surface area contributed by atoms with Crippen molar-refractivity contribution in [3.8, 4) is 0 Å². The first kappa shape index (κ1) is 15.4. The van der Waals surface area contributed by atoms with Crippen LogP contribution in [0, 0.1) is 5.92 Å². The summed E-state index contributed by atoms with van der Waals surface area (Å²) in [6, 6.07) is 0. The molecule has 0 aliphatic heterocycles. The van der Waals surface area contributed by atoms with Gasteiger partial charge in [0.25, 0.3) is 0 Å². The second-order valence-corrected chi connectivity index (χ2v) is 5.45. The van der Waals surface area contributed by atoms with Gasteiger partial charge in [-0.1, -0.05) is 6.92 Å². The number of hydrogen-bond acceptors (Lipinski definition) is 3. The number of carbonyl (C=O) groups excluding carboxylic acids is 1. The van der Waals surface area contributed by atoms with E-state index in [1.165, 1.54) is 25.8 Å². The van der Waals surface area contributed by atoms with Crippen molar-refractivity contribution in [3.63, 3.8) is 0 Å². The highest BCUT2D eigenvalue weighted by molar-refractivity contribution is 5.76. The van der Waals surface area contributed by atoms with Crippen molar-refractivity contribution in [1.82, 2.24) is 9.80 Å². The van der Waals surface area contributed by atoms with Gasteiger partial charge in [0.1, 0.15) is 0 Å². The zero-order chi connectivity index (χ0) is 13.4. The molecule has 106 valence electrons. The number of carbonyl (C=O) groups is 1. The van der Waals surface area contributed by atoms with Gasteiger partial charge in [0.15, 0.2) is 0 Å². The highest BCUT2D eigenvalue weighted by atomic mass is 16.2. The van der Waals surface area contributed by atoms with Crippen LogP contribution in [0.2, 0.25) is 0 Å². The van der Waals surface area contributed by atoms with Gasteiger partial charge in [0, 0.05) is 33.1 Å². The average Bonchev–Trinajstić information content (AvgIpc) is 3.16. The maximum Gasteiger partial charge on any atom is 0.223 e. The molecule has 0 atom stereocenters. The molecule has 0 saturated heterocycles. The normalized spacial score (nSPS) is 15.1. The average molecular weight is 255 g/mol. The van der Waals surface area contributed by atoms with E-state index >= 15 is 0 Å². The number of amides is 1. The fourth-order valence-corrected chi connectivity index (χ4v) is 2.17. The molecule has 1 rings (SSSR count). The summed E-state index contributed by atoms with van der Waals surface area (Å²) in [4.78, 5) is 16.2. The van der Waals surface area contributed by atoms with Crippen LogP contribution in [0.3, 0.4) is 0 Å². The second-order valence-electron chi connectivity index (χ2n) is 5.45. The Morgan fingerprint density at radius 2 is 2.00 bits per heavy atom. The predicted octanol–water partition coefficient (Wildman–Crippen LogP) is 1.31. The van der Waals surface area contributed by atoms with E-state index in [0.29, 0.717) is 13.0 Å². The maximum atomic E-state index is 11.9. The largest absolute Gasteiger partial charge is 0.346 e. The molecule has 0 unspecified atom stereocenters. The second kappa shape index (κ2) is 8.48. The van der Waals surface area contributed by atoms with Gasteiger partial charge in [-0.15, -0.1) is 0 Å². The molecular formula is C14H29N3O. The van der Waals surface area contributed by atoms with E-state index in [4.69, 9.17) is 5.73 Å². The monoisotopic (exact) mass is 255 g/mol. The molecule has 1 aliphatic carbocycles. The number of hydrogen-bond donors (Lipinski definition) is 1. The van der Waals surface area contributed by atoms with Gasteiger partial charge in [-0.2, -0.15) is 0 Å². The van der Waals surface area contributed by atoms with Crippen LogP contribution in [0.15, 0.2) is 0 Å². The summed E-state index contributed by atoms with van der Waals surface area (Å²) in [5.74, 6) is 1.15. The van der Waals surface area contributed by atoms with Crippen LogP contribution in [0.4, 0.5) is 0 Å². The smallest absolute Gasteiger partial charge is 0.223 e. The first-order valence-electron chi connectivity index (χ1n) is 7.33. The lowest BCUT2D eigenvalue weighted by Gasteiger charge is -2.23. The third-order valence-corrected chi connectivity index (χ3v) is 3.52. The Bertz CT molecular complexity index is 241. The molecule has 1 saturated carbocycles. The van der Waals surface area contributed by atoms with Gasteiger partial charge in [-0.3, -0.25) is 4.79 Å². The molecule has 4 nitrogen and oxygen atoms in total. The van der Waals surface area contributed by atoms with Crippen LogP contribution < -0.4 is 5.73 Å². The summed E-state index contributed by atoms with van der Waals surface area (Å²) in [5.41, 5.74) is 5.45. The highest BCUT2D eigenvalue weighted by Gasteiger charge is 2.24. The maximum absolute atomic E-state index is 11.9. The minimum atomic E-state index is 0.250. The van der Waals surface area contributed by atoms with Gasteiger partial charge < -0.3 is 15.5 Å². The molecule has 0 radical (unpaired) electrons. The quantitative estimate of drug-likeness (QED) is 0.640. The third kappa shape index (κ3) is 6.36. The van der Waals surface area contributed by atoms with E-state index in [1.807, 2.05) is 11.9 Å². The highest BCUT2D eigenvalue weighted by Crippen LogP contribution is 2.29. The van der Waals surface area contributed by atoms with Gasteiger partial charge in [0.2, 0.25) is 5.91 Å².